The van der Waals surface area contributed by atoms with E-state index in [9.17, 15) is 4.79 Å². The molecule has 3 nitrogen and oxygen atoms in total. The van der Waals surface area contributed by atoms with Crippen LogP contribution >= 0.6 is 0 Å². The van der Waals surface area contributed by atoms with E-state index in [1.807, 2.05) is 0 Å². The van der Waals surface area contributed by atoms with Gasteiger partial charge < -0.3 is 11.1 Å². The first-order valence-electron chi connectivity index (χ1n) is 5.84. The fourth-order valence-electron chi connectivity index (χ4n) is 1.87. The van der Waals surface area contributed by atoms with Crippen LogP contribution in [-0.2, 0) is 4.79 Å². The molecule has 0 aliphatic heterocycles. The number of rotatable bonds is 7. The molecule has 0 atom stereocenters. The summed E-state index contributed by atoms with van der Waals surface area (Å²) in [4.78, 5) is 11.4. The molecule has 0 radical (unpaired) electrons. The van der Waals surface area contributed by atoms with Crippen LogP contribution in [0.5, 0.6) is 0 Å². The molecule has 0 aromatic rings. The molecule has 0 spiro atoms. The lowest BCUT2D eigenvalue weighted by atomic mass is 9.84. The molecule has 0 aromatic heterocycles. The van der Waals surface area contributed by atoms with Crippen molar-refractivity contribution >= 4 is 5.91 Å². The zero-order valence-electron chi connectivity index (χ0n) is 10.6. The summed E-state index contributed by atoms with van der Waals surface area (Å²) in [6, 6.07) is 0. The van der Waals surface area contributed by atoms with Crippen LogP contribution in [0.3, 0.4) is 0 Å². The predicted molar refractivity (Wildman–Crippen MR) is 64.5 cm³/mol. The van der Waals surface area contributed by atoms with Gasteiger partial charge in [-0.05, 0) is 30.7 Å². The highest BCUT2D eigenvalue weighted by molar-refractivity contribution is 5.75. The van der Waals surface area contributed by atoms with Crippen molar-refractivity contribution in [3.05, 3.63) is 0 Å². The average Bonchev–Trinajstić information content (AvgIpc) is 2.09. The summed E-state index contributed by atoms with van der Waals surface area (Å²) in [5.41, 5.74) is 5.53. The number of amides is 1. The van der Waals surface area contributed by atoms with Gasteiger partial charge in [0, 0.05) is 13.0 Å². The average molecular weight is 214 g/mol. The van der Waals surface area contributed by atoms with Crippen LogP contribution in [0.15, 0.2) is 0 Å². The van der Waals surface area contributed by atoms with Gasteiger partial charge in [0.15, 0.2) is 0 Å². The molecule has 0 aliphatic carbocycles. The van der Waals surface area contributed by atoms with Crippen molar-refractivity contribution in [3.63, 3.8) is 0 Å². The Morgan fingerprint density at radius 2 is 2.00 bits per heavy atom. The molecule has 90 valence electrons. The molecule has 0 aromatic carbocycles. The summed E-state index contributed by atoms with van der Waals surface area (Å²) in [5, 5.41) is 2.97. The van der Waals surface area contributed by atoms with Crippen molar-refractivity contribution < 1.29 is 4.79 Å². The van der Waals surface area contributed by atoms with Crippen molar-refractivity contribution in [2.75, 3.05) is 13.1 Å². The van der Waals surface area contributed by atoms with Gasteiger partial charge in [0.2, 0.25) is 5.91 Å². The van der Waals surface area contributed by atoms with E-state index in [0.717, 1.165) is 19.4 Å². The molecule has 0 heterocycles. The Hall–Kier alpha value is -0.570. The largest absolute Gasteiger partial charge is 0.356 e. The molecule has 0 fully saturated rings. The van der Waals surface area contributed by atoms with Crippen molar-refractivity contribution in [3.8, 4) is 0 Å². The smallest absolute Gasteiger partial charge is 0.220 e. The van der Waals surface area contributed by atoms with Gasteiger partial charge in [-0.1, -0.05) is 27.7 Å². The first-order chi connectivity index (χ1) is 6.87. The van der Waals surface area contributed by atoms with Crippen molar-refractivity contribution in [1.29, 1.82) is 0 Å². The van der Waals surface area contributed by atoms with Gasteiger partial charge in [-0.25, -0.2) is 0 Å². The van der Waals surface area contributed by atoms with Gasteiger partial charge in [0.05, 0.1) is 0 Å². The number of carbonyl (C=O) groups is 1. The number of carbonyl (C=O) groups excluding carboxylic acids is 1. The van der Waals surface area contributed by atoms with Crippen molar-refractivity contribution in [2.24, 2.45) is 17.1 Å². The SMILES string of the molecule is CC(C)CC(C)(C)CNC(=O)CCCN. The highest BCUT2D eigenvalue weighted by Gasteiger charge is 2.19. The first-order valence-corrected chi connectivity index (χ1v) is 5.84. The Labute approximate surface area is 93.8 Å². The fourth-order valence-corrected chi connectivity index (χ4v) is 1.87. The summed E-state index contributed by atoms with van der Waals surface area (Å²) in [5.74, 6) is 0.790. The molecule has 3 heteroatoms. The third-order valence-electron chi connectivity index (χ3n) is 2.33. The molecule has 15 heavy (non-hydrogen) atoms. The summed E-state index contributed by atoms with van der Waals surface area (Å²) in [6.45, 7) is 10.1. The van der Waals surface area contributed by atoms with Crippen LogP contribution in [-0.4, -0.2) is 19.0 Å². The minimum absolute atomic E-state index is 0.122. The van der Waals surface area contributed by atoms with Crippen LogP contribution in [0.4, 0.5) is 0 Å². The Bertz CT molecular complexity index is 188. The van der Waals surface area contributed by atoms with E-state index in [1.54, 1.807) is 0 Å². The second-order valence-corrected chi connectivity index (χ2v) is 5.43. The van der Waals surface area contributed by atoms with E-state index in [2.05, 4.69) is 33.0 Å². The van der Waals surface area contributed by atoms with Gasteiger partial charge in [0.25, 0.3) is 0 Å². The molecule has 0 saturated heterocycles. The predicted octanol–water partition coefficient (Wildman–Crippen LogP) is 1.91. The summed E-state index contributed by atoms with van der Waals surface area (Å²) in [7, 11) is 0. The third-order valence-corrected chi connectivity index (χ3v) is 2.33. The maximum Gasteiger partial charge on any atom is 0.220 e. The van der Waals surface area contributed by atoms with Crippen LogP contribution in [0.1, 0.15) is 47.0 Å². The van der Waals surface area contributed by atoms with Gasteiger partial charge in [-0.2, -0.15) is 0 Å². The number of hydrogen-bond donors (Lipinski definition) is 2. The molecule has 0 unspecified atom stereocenters. The van der Waals surface area contributed by atoms with Gasteiger partial charge >= 0.3 is 0 Å². The molecule has 3 N–H and O–H groups in total. The van der Waals surface area contributed by atoms with E-state index < -0.39 is 0 Å². The lowest BCUT2D eigenvalue weighted by Crippen LogP contribution is -2.34. The molecule has 0 rings (SSSR count). The molecular weight excluding hydrogens is 188 g/mol. The van der Waals surface area contributed by atoms with E-state index in [1.165, 1.54) is 0 Å². The van der Waals surface area contributed by atoms with Crippen molar-refractivity contribution in [2.45, 2.75) is 47.0 Å². The Balaban J connectivity index is 3.77. The fraction of sp³-hybridized carbons (Fsp3) is 0.917. The molecular formula is C12H26N2O. The molecule has 0 saturated carbocycles. The minimum atomic E-state index is 0.122. The second kappa shape index (κ2) is 6.83. The zero-order chi connectivity index (χ0) is 11.9. The summed E-state index contributed by atoms with van der Waals surface area (Å²) < 4.78 is 0. The normalized spacial score (nSPS) is 11.9. The number of nitrogens with one attached hydrogen (secondary N) is 1. The van der Waals surface area contributed by atoms with E-state index in [4.69, 9.17) is 5.73 Å². The quantitative estimate of drug-likeness (QED) is 0.680. The Morgan fingerprint density at radius 1 is 1.40 bits per heavy atom. The summed E-state index contributed by atoms with van der Waals surface area (Å²) in [6.07, 6.45) is 2.45. The highest BCUT2D eigenvalue weighted by Crippen LogP contribution is 2.23. The van der Waals surface area contributed by atoms with Gasteiger partial charge in [-0.3, -0.25) is 4.79 Å². The molecule has 0 bridgehead atoms. The van der Waals surface area contributed by atoms with E-state index >= 15 is 0 Å². The maximum absolute atomic E-state index is 11.4. The molecule has 1 amide bonds. The third kappa shape index (κ3) is 8.43. The Kier molecular flexibility index (Phi) is 6.57. The van der Waals surface area contributed by atoms with Crippen LogP contribution in [0.2, 0.25) is 0 Å². The number of hydrogen-bond acceptors (Lipinski definition) is 2. The van der Waals surface area contributed by atoms with E-state index in [-0.39, 0.29) is 11.3 Å². The highest BCUT2D eigenvalue weighted by atomic mass is 16.1. The lowest BCUT2D eigenvalue weighted by molar-refractivity contribution is -0.121. The van der Waals surface area contributed by atoms with E-state index in [0.29, 0.717) is 18.9 Å². The first kappa shape index (κ1) is 14.4. The molecule has 0 aliphatic rings. The van der Waals surface area contributed by atoms with Gasteiger partial charge in [0.1, 0.15) is 0 Å². The number of nitrogens with two attached hydrogens (primary N) is 1. The maximum atomic E-state index is 11.4. The lowest BCUT2D eigenvalue weighted by Gasteiger charge is -2.26. The van der Waals surface area contributed by atoms with Crippen molar-refractivity contribution in [1.82, 2.24) is 5.32 Å². The van der Waals surface area contributed by atoms with Crippen LogP contribution < -0.4 is 11.1 Å². The minimum Gasteiger partial charge on any atom is -0.356 e. The second-order valence-electron chi connectivity index (χ2n) is 5.43. The summed E-state index contributed by atoms with van der Waals surface area (Å²) >= 11 is 0. The van der Waals surface area contributed by atoms with Gasteiger partial charge in [-0.15, -0.1) is 0 Å². The topological polar surface area (TPSA) is 55.1 Å². The zero-order valence-corrected chi connectivity index (χ0v) is 10.6. The standard InChI is InChI=1S/C12H26N2O/c1-10(2)8-12(3,4)9-14-11(15)6-5-7-13/h10H,5-9,13H2,1-4H3,(H,14,15). The monoisotopic (exact) mass is 214 g/mol. The van der Waals surface area contributed by atoms with Crippen LogP contribution in [0.25, 0.3) is 0 Å². The van der Waals surface area contributed by atoms with Crippen LogP contribution in [0, 0.1) is 11.3 Å². The Morgan fingerprint density at radius 3 is 2.47 bits per heavy atom.